The molecule has 4 aromatic rings. The highest BCUT2D eigenvalue weighted by atomic mass is 19.4. The van der Waals surface area contributed by atoms with Crippen molar-refractivity contribution >= 4 is 0 Å². The Hall–Kier alpha value is -3.81. The van der Waals surface area contributed by atoms with E-state index >= 15 is 0 Å². The summed E-state index contributed by atoms with van der Waals surface area (Å²) in [5, 5.41) is 0. The molecule has 0 N–H and O–H groups in total. The fourth-order valence-electron chi connectivity index (χ4n) is 3.27. The molecular weight excluding hydrogens is 465 g/mol. The largest absolute Gasteiger partial charge is 0.481 e. The second-order valence-corrected chi connectivity index (χ2v) is 8.75. The van der Waals surface area contributed by atoms with Gasteiger partial charge in [0.2, 0.25) is 5.88 Å². The first-order valence-corrected chi connectivity index (χ1v) is 11.6. The monoisotopic (exact) mass is 494 g/mol. The molecule has 36 heavy (non-hydrogen) atoms. The Morgan fingerprint density at radius 3 is 1.92 bits per heavy atom. The van der Waals surface area contributed by atoms with Gasteiger partial charge in [-0.25, -0.2) is 4.98 Å². The van der Waals surface area contributed by atoms with Crippen LogP contribution in [0.2, 0.25) is 0 Å². The van der Waals surface area contributed by atoms with Gasteiger partial charge in [0.25, 0.3) is 0 Å². The minimum Gasteiger partial charge on any atom is -0.481 e. The average Bonchev–Trinajstić information content (AvgIpc) is 2.89. The van der Waals surface area contributed by atoms with Gasteiger partial charge in [-0.1, -0.05) is 39.8 Å². The van der Waals surface area contributed by atoms with Crippen LogP contribution in [-0.2, 0) is 6.18 Å². The lowest BCUT2D eigenvalue weighted by molar-refractivity contribution is -0.141. The number of ether oxygens (including phenoxy) is 1. The van der Waals surface area contributed by atoms with E-state index in [0.29, 0.717) is 23.1 Å². The highest BCUT2D eigenvalue weighted by Crippen LogP contribution is 2.30. The molecule has 8 heteroatoms. The highest BCUT2D eigenvalue weighted by molar-refractivity contribution is 5.62. The quantitative estimate of drug-likeness (QED) is 0.286. The number of aromatic nitrogens is 4. The molecule has 0 atom stereocenters. The van der Waals surface area contributed by atoms with Gasteiger partial charge in [0.05, 0.1) is 12.8 Å². The summed E-state index contributed by atoms with van der Waals surface area (Å²) in [6, 6.07) is 15.9. The lowest BCUT2D eigenvalue weighted by Crippen LogP contribution is -2.07. The third kappa shape index (κ3) is 7.10. The minimum atomic E-state index is -4.44. The Morgan fingerprint density at radius 1 is 0.722 bits per heavy atom. The average molecular weight is 495 g/mol. The predicted octanol–water partition coefficient (Wildman–Crippen LogP) is 7.56. The van der Waals surface area contributed by atoms with Gasteiger partial charge in [-0.2, -0.15) is 13.2 Å². The fourth-order valence-corrected chi connectivity index (χ4v) is 3.27. The molecule has 4 heterocycles. The zero-order chi connectivity index (χ0) is 26.3. The summed E-state index contributed by atoms with van der Waals surface area (Å²) in [5.74, 6) is 1.31. The number of rotatable bonds is 5. The third-order valence-corrected chi connectivity index (χ3v) is 5.37. The Bertz CT molecular complexity index is 1260. The van der Waals surface area contributed by atoms with Crippen LogP contribution in [0.3, 0.4) is 0 Å². The number of nitrogens with zero attached hydrogens (tertiary/aromatic N) is 4. The molecule has 0 radical (unpaired) electrons. The molecule has 0 unspecified atom stereocenters. The van der Waals surface area contributed by atoms with Gasteiger partial charge in [-0.15, -0.1) is 0 Å². The molecule has 188 valence electrons. The van der Waals surface area contributed by atoms with Crippen LogP contribution in [0.5, 0.6) is 5.88 Å². The van der Waals surface area contributed by atoms with Crippen molar-refractivity contribution in [3.8, 4) is 28.3 Å². The summed E-state index contributed by atoms with van der Waals surface area (Å²) in [5.41, 5.74) is 4.13. The maximum absolute atomic E-state index is 12.6. The van der Waals surface area contributed by atoms with Gasteiger partial charge >= 0.3 is 6.18 Å². The Balaban J connectivity index is 0.000000202. The first-order valence-electron chi connectivity index (χ1n) is 11.6. The second kappa shape index (κ2) is 11.7. The number of hydrogen-bond donors (Lipinski definition) is 0. The third-order valence-electron chi connectivity index (χ3n) is 5.37. The van der Waals surface area contributed by atoms with Crippen LogP contribution in [0.25, 0.3) is 22.4 Å². The van der Waals surface area contributed by atoms with Gasteiger partial charge in [-0.3, -0.25) is 15.0 Å². The van der Waals surface area contributed by atoms with Crippen LogP contribution in [0, 0.1) is 0 Å². The fraction of sp³-hybridized carbons (Fsp3) is 0.286. The van der Waals surface area contributed by atoms with Crippen molar-refractivity contribution in [3.63, 3.8) is 0 Å². The zero-order valence-corrected chi connectivity index (χ0v) is 20.9. The second-order valence-electron chi connectivity index (χ2n) is 8.75. The van der Waals surface area contributed by atoms with Gasteiger partial charge in [0, 0.05) is 52.7 Å². The van der Waals surface area contributed by atoms with Gasteiger partial charge in [0.15, 0.2) is 0 Å². The van der Waals surface area contributed by atoms with Crippen LogP contribution in [0.4, 0.5) is 13.2 Å². The van der Waals surface area contributed by atoms with Crippen molar-refractivity contribution < 1.29 is 17.9 Å². The van der Waals surface area contributed by atoms with Crippen molar-refractivity contribution in [2.24, 2.45) is 0 Å². The Labute approximate surface area is 209 Å². The first-order chi connectivity index (χ1) is 17.1. The van der Waals surface area contributed by atoms with Crippen LogP contribution < -0.4 is 4.74 Å². The van der Waals surface area contributed by atoms with Crippen LogP contribution in [-0.4, -0.2) is 27.0 Å². The number of alkyl halides is 3. The van der Waals surface area contributed by atoms with E-state index < -0.39 is 11.9 Å². The number of pyridine rings is 4. The van der Waals surface area contributed by atoms with Crippen molar-refractivity contribution in [2.45, 2.75) is 45.7 Å². The van der Waals surface area contributed by atoms with E-state index in [1.165, 1.54) is 6.07 Å². The molecule has 5 nitrogen and oxygen atoms in total. The summed E-state index contributed by atoms with van der Waals surface area (Å²) in [4.78, 5) is 16.3. The lowest BCUT2D eigenvalue weighted by Gasteiger charge is -2.09. The summed E-state index contributed by atoms with van der Waals surface area (Å²) >= 11 is 0. The molecule has 0 saturated carbocycles. The van der Waals surface area contributed by atoms with E-state index in [4.69, 9.17) is 4.74 Å². The molecule has 0 aliphatic heterocycles. The molecule has 0 spiro atoms. The summed E-state index contributed by atoms with van der Waals surface area (Å²) in [6.07, 6.45) is 0.400. The minimum absolute atomic E-state index is 0.226. The molecule has 0 amide bonds. The molecule has 0 saturated heterocycles. The molecule has 0 bridgehead atoms. The van der Waals surface area contributed by atoms with Gasteiger partial charge in [0.1, 0.15) is 5.69 Å². The van der Waals surface area contributed by atoms with E-state index in [2.05, 4.69) is 45.9 Å². The molecule has 0 aliphatic carbocycles. The molecule has 0 fully saturated rings. The van der Waals surface area contributed by atoms with E-state index in [1.54, 1.807) is 25.4 Å². The smallest absolute Gasteiger partial charge is 0.433 e. The van der Waals surface area contributed by atoms with E-state index in [0.717, 1.165) is 34.8 Å². The van der Waals surface area contributed by atoms with Crippen molar-refractivity contribution in [1.82, 2.24) is 19.9 Å². The topological polar surface area (TPSA) is 60.8 Å². The molecule has 0 aliphatic rings. The van der Waals surface area contributed by atoms with Crippen molar-refractivity contribution in [3.05, 3.63) is 90.3 Å². The number of methoxy groups -OCH3 is 1. The maximum Gasteiger partial charge on any atom is 0.433 e. The molecule has 4 aromatic heterocycles. The first kappa shape index (κ1) is 26.8. The standard InChI is InChI=1S/C14H13F3N2.C14H16N2O/c1-9(2)11-4-3-5-12(19-11)10-6-7-18-13(8-10)14(15,16)17;1-10(2)13-6-4-11(8-15-13)12-5-7-14(17-3)16-9-12/h3-9H,1-2H3;4-10H,1-3H3. The van der Waals surface area contributed by atoms with E-state index in [-0.39, 0.29) is 5.92 Å². The van der Waals surface area contributed by atoms with Crippen LogP contribution >= 0.6 is 0 Å². The molecule has 0 aromatic carbocycles. The van der Waals surface area contributed by atoms with Gasteiger partial charge < -0.3 is 4.74 Å². The Kier molecular flexibility index (Phi) is 8.74. The Morgan fingerprint density at radius 2 is 1.39 bits per heavy atom. The predicted molar refractivity (Wildman–Crippen MR) is 135 cm³/mol. The molecular formula is C28H29F3N4O. The summed E-state index contributed by atoms with van der Waals surface area (Å²) in [6.45, 7) is 8.24. The van der Waals surface area contributed by atoms with Gasteiger partial charge in [-0.05, 0) is 48.2 Å². The summed E-state index contributed by atoms with van der Waals surface area (Å²) in [7, 11) is 1.61. The number of hydrogen-bond acceptors (Lipinski definition) is 5. The molecule has 4 rings (SSSR count). The normalized spacial score (nSPS) is 11.3. The zero-order valence-electron chi connectivity index (χ0n) is 20.9. The van der Waals surface area contributed by atoms with E-state index in [1.807, 2.05) is 38.2 Å². The number of halogens is 3. The SMILES string of the molecule is CC(C)c1cccc(-c2ccnc(C(F)(F)F)c2)n1.COc1ccc(-c2ccc(C(C)C)nc2)cn1. The van der Waals surface area contributed by atoms with Crippen molar-refractivity contribution in [2.75, 3.05) is 7.11 Å². The highest BCUT2D eigenvalue weighted by Gasteiger charge is 2.32. The van der Waals surface area contributed by atoms with E-state index in [9.17, 15) is 13.2 Å². The van der Waals surface area contributed by atoms with Crippen LogP contribution in [0.1, 0.15) is 56.6 Å². The summed E-state index contributed by atoms with van der Waals surface area (Å²) < 4.78 is 42.9. The lowest BCUT2D eigenvalue weighted by atomic mass is 10.1. The van der Waals surface area contributed by atoms with Crippen molar-refractivity contribution in [1.29, 1.82) is 0 Å². The van der Waals surface area contributed by atoms with Crippen LogP contribution in [0.15, 0.2) is 73.2 Å². The maximum atomic E-state index is 12.6.